The summed E-state index contributed by atoms with van der Waals surface area (Å²) in [7, 11) is 0. The van der Waals surface area contributed by atoms with Crippen molar-refractivity contribution in [1.82, 2.24) is 0 Å². The van der Waals surface area contributed by atoms with Gasteiger partial charge in [0.25, 0.3) is 0 Å². The van der Waals surface area contributed by atoms with E-state index in [4.69, 9.17) is 5.73 Å². The third-order valence-corrected chi connectivity index (χ3v) is 4.15. The van der Waals surface area contributed by atoms with Crippen LogP contribution in [-0.4, -0.2) is 5.91 Å². The molecule has 0 unspecified atom stereocenters. The minimum atomic E-state index is -0.208. The Hall–Kier alpha value is -1.03. The van der Waals surface area contributed by atoms with E-state index in [1.165, 1.54) is 0 Å². The fourth-order valence-electron chi connectivity index (χ4n) is 2.29. The van der Waals surface area contributed by atoms with Crippen LogP contribution >= 0.6 is 15.9 Å². The van der Waals surface area contributed by atoms with Gasteiger partial charge in [-0.15, -0.1) is 0 Å². The van der Waals surface area contributed by atoms with E-state index >= 15 is 0 Å². The highest BCUT2D eigenvalue weighted by Gasteiger charge is 2.36. The van der Waals surface area contributed by atoms with Crippen molar-refractivity contribution in [2.75, 3.05) is 11.1 Å². The molecule has 0 aromatic heterocycles. The summed E-state index contributed by atoms with van der Waals surface area (Å²) in [5.41, 5.74) is 6.93. The molecule has 0 aliphatic heterocycles. The van der Waals surface area contributed by atoms with Crippen molar-refractivity contribution in [3.8, 4) is 0 Å². The summed E-state index contributed by atoms with van der Waals surface area (Å²) in [6, 6.07) is 5.42. The molecule has 0 radical (unpaired) electrons. The zero-order chi connectivity index (χ0) is 12.5. The summed E-state index contributed by atoms with van der Waals surface area (Å²) in [6.07, 6.45) is 4.25. The molecule has 92 valence electrons. The molecule has 1 aliphatic carbocycles. The standard InChI is InChI=1S/C13H17BrN2O/c1-13(6-2-3-7-13)12(17)16-11-5-4-9(15)8-10(11)14/h4-5,8H,2-3,6-7,15H2,1H3,(H,16,17). The number of rotatable bonds is 2. The largest absolute Gasteiger partial charge is 0.399 e. The topological polar surface area (TPSA) is 55.1 Å². The van der Waals surface area contributed by atoms with Crippen molar-refractivity contribution in [2.24, 2.45) is 5.41 Å². The molecule has 0 bridgehead atoms. The van der Waals surface area contributed by atoms with Gasteiger partial charge in [0.2, 0.25) is 5.91 Å². The number of nitrogens with two attached hydrogens (primary N) is 1. The summed E-state index contributed by atoms with van der Waals surface area (Å²) in [6.45, 7) is 2.04. The lowest BCUT2D eigenvalue weighted by molar-refractivity contribution is -0.124. The number of nitrogens with one attached hydrogen (secondary N) is 1. The van der Waals surface area contributed by atoms with Gasteiger partial charge in [0, 0.05) is 15.6 Å². The van der Waals surface area contributed by atoms with Crippen LogP contribution in [0.15, 0.2) is 22.7 Å². The van der Waals surface area contributed by atoms with Crippen molar-refractivity contribution in [3.05, 3.63) is 22.7 Å². The van der Waals surface area contributed by atoms with E-state index in [0.29, 0.717) is 5.69 Å². The first kappa shape index (κ1) is 12.4. The summed E-state index contributed by atoms with van der Waals surface area (Å²) in [4.78, 5) is 12.2. The van der Waals surface area contributed by atoms with E-state index in [9.17, 15) is 4.79 Å². The third kappa shape index (κ3) is 2.63. The highest BCUT2D eigenvalue weighted by atomic mass is 79.9. The number of anilines is 2. The van der Waals surface area contributed by atoms with Crippen LogP contribution in [0, 0.1) is 5.41 Å². The Morgan fingerprint density at radius 3 is 2.65 bits per heavy atom. The number of carbonyl (C=O) groups is 1. The SMILES string of the molecule is CC1(C(=O)Nc2ccc(N)cc2Br)CCCC1. The molecule has 1 aromatic rings. The Morgan fingerprint density at radius 1 is 1.41 bits per heavy atom. The number of hydrogen-bond donors (Lipinski definition) is 2. The molecule has 1 aromatic carbocycles. The van der Waals surface area contributed by atoms with Crippen molar-refractivity contribution >= 4 is 33.2 Å². The maximum absolute atomic E-state index is 12.2. The lowest BCUT2D eigenvalue weighted by atomic mass is 9.88. The van der Waals surface area contributed by atoms with Gasteiger partial charge in [0.15, 0.2) is 0 Å². The molecule has 1 saturated carbocycles. The van der Waals surface area contributed by atoms with Gasteiger partial charge in [0.1, 0.15) is 0 Å². The zero-order valence-corrected chi connectivity index (χ0v) is 11.5. The van der Waals surface area contributed by atoms with Gasteiger partial charge < -0.3 is 11.1 Å². The summed E-state index contributed by atoms with van der Waals surface area (Å²) >= 11 is 3.41. The van der Waals surface area contributed by atoms with Gasteiger partial charge >= 0.3 is 0 Å². The lowest BCUT2D eigenvalue weighted by Gasteiger charge is -2.22. The number of carbonyl (C=O) groups excluding carboxylic acids is 1. The number of amides is 1. The molecule has 0 spiro atoms. The molecule has 0 heterocycles. The van der Waals surface area contributed by atoms with Crippen molar-refractivity contribution in [2.45, 2.75) is 32.6 Å². The number of halogens is 1. The Balaban J connectivity index is 2.13. The molecule has 1 amide bonds. The minimum Gasteiger partial charge on any atom is -0.399 e. The maximum Gasteiger partial charge on any atom is 0.230 e. The predicted molar refractivity (Wildman–Crippen MR) is 73.8 cm³/mol. The molecular formula is C13H17BrN2O. The van der Waals surface area contributed by atoms with E-state index in [1.54, 1.807) is 12.1 Å². The van der Waals surface area contributed by atoms with Crippen LogP contribution in [0.2, 0.25) is 0 Å². The Morgan fingerprint density at radius 2 is 2.06 bits per heavy atom. The second kappa shape index (κ2) is 4.69. The average Bonchev–Trinajstić information content (AvgIpc) is 2.71. The second-order valence-corrected chi connectivity index (χ2v) is 5.82. The quantitative estimate of drug-likeness (QED) is 0.820. The molecule has 1 aliphatic rings. The van der Waals surface area contributed by atoms with E-state index in [1.807, 2.05) is 13.0 Å². The first-order valence-corrected chi connectivity index (χ1v) is 6.67. The van der Waals surface area contributed by atoms with Gasteiger partial charge in [0.05, 0.1) is 5.69 Å². The minimum absolute atomic E-state index is 0.112. The van der Waals surface area contributed by atoms with Crippen molar-refractivity contribution < 1.29 is 4.79 Å². The van der Waals surface area contributed by atoms with Crippen LogP contribution in [0.5, 0.6) is 0 Å². The monoisotopic (exact) mass is 296 g/mol. The van der Waals surface area contributed by atoms with Crippen molar-refractivity contribution in [1.29, 1.82) is 0 Å². The van der Waals surface area contributed by atoms with Gasteiger partial charge in [-0.1, -0.05) is 19.8 Å². The Bertz CT molecular complexity index is 439. The van der Waals surface area contributed by atoms with E-state index < -0.39 is 0 Å². The average molecular weight is 297 g/mol. The highest BCUT2D eigenvalue weighted by Crippen LogP contribution is 2.39. The molecule has 3 N–H and O–H groups in total. The molecule has 0 atom stereocenters. The summed E-state index contributed by atoms with van der Waals surface area (Å²) < 4.78 is 0.826. The molecule has 1 fully saturated rings. The van der Waals surface area contributed by atoms with Crippen LogP contribution in [0.3, 0.4) is 0 Å². The van der Waals surface area contributed by atoms with E-state index in [2.05, 4.69) is 21.2 Å². The zero-order valence-electron chi connectivity index (χ0n) is 9.92. The molecule has 0 saturated heterocycles. The highest BCUT2D eigenvalue weighted by molar-refractivity contribution is 9.10. The van der Waals surface area contributed by atoms with E-state index in [-0.39, 0.29) is 11.3 Å². The first-order valence-electron chi connectivity index (χ1n) is 5.88. The Kier molecular flexibility index (Phi) is 3.43. The molecule has 17 heavy (non-hydrogen) atoms. The van der Waals surface area contributed by atoms with Crippen LogP contribution in [0.25, 0.3) is 0 Å². The van der Waals surface area contributed by atoms with Gasteiger partial charge in [-0.2, -0.15) is 0 Å². The fraction of sp³-hybridized carbons (Fsp3) is 0.462. The van der Waals surface area contributed by atoms with E-state index in [0.717, 1.165) is 35.8 Å². The number of benzene rings is 1. The van der Waals surface area contributed by atoms with Crippen molar-refractivity contribution in [3.63, 3.8) is 0 Å². The normalized spacial score (nSPS) is 18.0. The number of nitrogen functional groups attached to an aromatic ring is 1. The predicted octanol–water partition coefficient (Wildman–Crippen LogP) is 3.55. The molecule has 2 rings (SSSR count). The summed E-state index contributed by atoms with van der Waals surface area (Å²) in [5.74, 6) is 0.112. The fourth-order valence-corrected chi connectivity index (χ4v) is 2.78. The third-order valence-electron chi connectivity index (χ3n) is 3.50. The smallest absolute Gasteiger partial charge is 0.230 e. The Labute approximate surface area is 110 Å². The number of hydrogen-bond acceptors (Lipinski definition) is 2. The maximum atomic E-state index is 12.2. The molecule has 4 heteroatoms. The van der Waals surface area contributed by atoms with Crippen LogP contribution in [-0.2, 0) is 4.79 Å². The molecule has 3 nitrogen and oxygen atoms in total. The van der Waals surface area contributed by atoms with Crippen LogP contribution in [0.1, 0.15) is 32.6 Å². The van der Waals surface area contributed by atoms with Crippen LogP contribution in [0.4, 0.5) is 11.4 Å². The summed E-state index contributed by atoms with van der Waals surface area (Å²) in [5, 5.41) is 2.98. The second-order valence-electron chi connectivity index (χ2n) is 4.96. The van der Waals surface area contributed by atoms with Crippen LogP contribution < -0.4 is 11.1 Å². The first-order chi connectivity index (χ1) is 8.01. The van der Waals surface area contributed by atoms with Gasteiger partial charge in [-0.05, 0) is 47.0 Å². The van der Waals surface area contributed by atoms with Gasteiger partial charge in [-0.3, -0.25) is 4.79 Å². The lowest BCUT2D eigenvalue weighted by Crippen LogP contribution is -2.30. The molecular weight excluding hydrogens is 280 g/mol. The van der Waals surface area contributed by atoms with Gasteiger partial charge in [-0.25, -0.2) is 0 Å².